The second kappa shape index (κ2) is 51.5. The minimum atomic E-state index is -1.16. The first-order chi connectivity index (χ1) is 30.1. The van der Waals surface area contributed by atoms with Gasteiger partial charge in [0, 0.05) is 6.42 Å². The fraction of sp³-hybridized carbons (Fsp3) is 0.911. The number of unbranched alkanes of at least 4 members (excludes halogenated alkanes) is 39. The highest BCUT2D eigenvalue weighted by Gasteiger charge is 2.26. The van der Waals surface area contributed by atoms with Crippen molar-refractivity contribution in [1.82, 2.24) is 5.32 Å². The average Bonchev–Trinajstić information content (AvgIpc) is 3.26. The zero-order chi connectivity index (χ0) is 44.4. The summed E-state index contributed by atoms with van der Waals surface area (Å²) in [4.78, 5) is 12.5. The first-order valence-electron chi connectivity index (χ1n) is 27.6. The van der Waals surface area contributed by atoms with Crippen LogP contribution in [0.15, 0.2) is 24.3 Å². The van der Waals surface area contributed by atoms with E-state index in [0.717, 1.165) is 44.9 Å². The molecule has 0 aromatic rings. The molecule has 0 aromatic heterocycles. The van der Waals surface area contributed by atoms with Gasteiger partial charge in [0.1, 0.15) is 6.10 Å². The van der Waals surface area contributed by atoms with Crippen molar-refractivity contribution >= 4 is 5.91 Å². The Kier molecular flexibility index (Phi) is 50.5. The predicted octanol–water partition coefficient (Wildman–Crippen LogP) is 16.9. The van der Waals surface area contributed by atoms with Gasteiger partial charge in [-0.25, -0.2) is 0 Å². The van der Waals surface area contributed by atoms with E-state index in [0.29, 0.717) is 12.8 Å². The van der Waals surface area contributed by atoms with Crippen LogP contribution in [0, 0.1) is 0 Å². The Morgan fingerprint density at radius 2 is 0.672 bits per heavy atom. The number of aliphatic hydroxyl groups is 3. The smallest absolute Gasteiger partial charge is 0.220 e. The summed E-state index contributed by atoms with van der Waals surface area (Å²) in [5, 5.41) is 33.6. The molecular formula is C56H109NO4. The molecule has 0 aliphatic heterocycles. The van der Waals surface area contributed by atoms with Crippen molar-refractivity contribution in [2.24, 2.45) is 0 Å². The summed E-state index contributed by atoms with van der Waals surface area (Å²) in [6.07, 6.45) is 64.9. The monoisotopic (exact) mass is 860 g/mol. The van der Waals surface area contributed by atoms with Gasteiger partial charge in [-0.1, -0.05) is 269 Å². The van der Waals surface area contributed by atoms with Crippen molar-refractivity contribution in [3.05, 3.63) is 24.3 Å². The molecule has 0 radical (unpaired) electrons. The topological polar surface area (TPSA) is 89.8 Å². The number of allylic oxidation sites excluding steroid dienone is 4. The van der Waals surface area contributed by atoms with Crippen LogP contribution < -0.4 is 5.32 Å². The van der Waals surface area contributed by atoms with Crippen LogP contribution in [-0.2, 0) is 4.79 Å². The lowest BCUT2D eigenvalue weighted by atomic mass is 10.0. The first kappa shape index (κ1) is 59.8. The molecular weight excluding hydrogens is 751 g/mol. The van der Waals surface area contributed by atoms with Gasteiger partial charge in [-0.3, -0.25) is 4.79 Å². The van der Waals surface area contributed by atoms with Crippen LogP contribution in [0.2, 0.25) is 0 Å². The van der Waals surface area contributed by atoms with Gasteiger partial charge in [-0.05, 0) is 51.4 Å². The van der Waals surface area contributed by atoms with Gasteiger partial charge in [-0.2, -0.15) is 0 Å². The largest absolute Gasteiger partial charge is 0.394 e. The highest BCUT2D eigenvalue weighted by atomic mass is 16.3. The SMILES string of the molecule is CCCCCCCC/C=C/CC/C=C/CCCC(O)C(O)C(CO)NC(=O)CCCCCCCCCCCCCCCCCCCCCCCCCCCCCCCCCC. The Hall–Kier alpha value is -1.17. The Morgan fingerprint density at radius 3 is 1.00 bits per heavy atom. The van der Waals surface area contributed by atoms with E-state index in [1.807, 2.05) is 0 Å². The molecule has 362 valence electrons. The normalized spacial score (nSPS) is 13.5. The van der Waals surface area contributed by atoms with Gasteiger partial charge >= 0.3 is 0 Å². The molecule has 0 aliphatic carbocycles. The maximum Gasteiger partial charge on any atom is 0.220 e. The number of nitrogens with one attached hydrogen (secondary N) is 1. The standard InChI is InChI=1S/C56H109NO4/c1-3-5-7-9-11-13-15-17-19-20-21-22-23-24-25-26-27-28-29-30-31-32-33-34-35-37-39-41-43-45-47-49-51-55(60)57-53(52-58)56(61)54(59)50-48-46-44-42-40-38-36-18-16-14-12-10-8-6-4-2/h18,36,42,44,53-54,56,58-59,61H,3-17,19-35,37-41,43,45-52H2,1-2H3,(H,57,60)/b36-18+,44-42+. The molecule has 0 saturated heterocycles. The van der Waals surface area contributed by atoms with E-state index in [-0.39, 0.29) is 12.5 Å². The first-order valence-corrected chi connectivity index (χ1v) is 27.6. The summed E-state index contributed by atoms with van der Waals surface area (Å²) in [7, 11) is 0. The number of rotatable bonds is 51. The molecule has 3 unspecified atom stereocenters. The van der Waals surface area contributed by atoms with Crippen molar-refractivity contribution in [1.29, 1.82) is 0 Å². The van der Waals surface area contributed by atoms with Crippen LogP contribution in [0.25, 0.3) is 0 Å². The molecule has 3 atom stereocenters. The zero-order valence-corrected chi connectivity index (χ0v) is 41.3. The minimum absolute atomic E-state index is 0.153. The number of amides is 1. The third kappa shape index (κ3) is 46.6. The van der Waals surface area contributed by atoms with Crippen molar-refractivity contribution in [2.45, 2.75) is 321 Å². The third-order valence-electron chi connectivity index (χ3n) is 13.0. The summed E-state index contributed by atoms with van der Waals surface area (Å²) in [6.45, 7) is 4.18. The van der Waals surface area contributed by atoms with E-state index in [4.69, 9.17) is 0 Å². The van der Waals surface area contributed by atoms with E-state index in [2.05, 4.69) is 43.5 Å². The highest BCUT2D eigenvalue weighted by molar-refractivity contribution is 5.76. The Bertz CT molecular complexity index is 905. The molecule has 5 heteroatoms. The van der Waals surface area contributed by atoms with Gasteiger partial charge in [0.2, 0.25) is 5.91 Å². The highest BCUT2D eigenvalue weighted by Crippen LogP contribution is 2.18. The van der Waals surface area contributed by atoms with Gasteiger partial charge < -0.3 is 20.6 Å². The van der Waals surface area contributed by atoms with Crippen LogP contribution in [0.1, 0.15) is 303 Å². The molecule has 0 rings (SSSR count). The van der Waals surface area contributed by atoms with Crippen molar-refractivity contribution in [3.63, 3.8) is 0 Å². The van der Waals surface area contributed by atoms with Gasteiger partial charge in [0.05, 0.1) is 18.8 Å². The lowest BCUT2D eigenvalue weighted by Gasteiger charge is -2.26. The van der Waals surface area contributed by atoms with Gasteiger partial charge in [0.25, 0.3) is 0 Å². The number of aliphatic hydroxyl groups excluding tert-OH is 3. The summed E-state index contributed by atoms with van der Waals surface area (Å²) in [5.74, 6) is -0.153. The lowest BCUT2D eigenvalue weighted by molar-refractivity contribution is -0.124. The number of carbonyl (C=O) groups excluding carboxylic acids is 1. The van der Waals surface area contributed by atoms with E-state index in [1.54, 1.807) is 0 Å². The zero-order valence-electron chi connectivity index (χ0n) is 41.3. The summed E-state index contributed by atoms with van der Waals surface area (Å²) >= 11 is 0. The van der Waals surface area contributed by atoms with Crippen LogP contribution in [0.3, 0.4) is 0 Å². The molecule has 4 N–H and O–H groups in total. The van der Waals surface area contributed by atoms with Crippen LogP contribution >= 0.6 is 0 Å². The predicted molar refractivity (Wildman–Crippen MR) is 268 cm³/mol. The quantitative estimate of drug-likeness (QED) is 0.0362. The Labute approximate surface area is 382 Å². The molecule has 0 aliphatic rings. The fourth-order valence-corrected chi connectivity index (χ4v) is 8.77. The van der Waals surface area contributed by atoms with E-state index < -0.39 is 18.2 Å². The Morgan fingerprint density at radius 1 is 0.393 bits per heavy atom. The molecule has 0 bridgehead atoms. The van der Waals surface area contributed by atoms with Crippen molar-refractivity contribution in [3.8, 4) is 0 Å². The minimum Gasteiger partial charge on any atom is -0.394 e. The van der Waals surface area contributed by atoms with Crippen LogP contribution in [-0.4, -0.2) is 46.1 Å². The van der Waals surface area contributed by atoms with Gasteiger partial charge in [0.15, 0.2) is 0 Å². The molecule has 0 spiro atoms. The van der Waals surface area contributed by atoms with Crippen molar-refractivity contribution in [2.75, 3.05) is 6.61 Å². The lowest BCUT2D eigenvalue weighted by Crippen LogP contribution is -2.50. The summed E-state index contributed by atoms with van der Waals surface area (Å²) in [5.41, 5.74) is 0. The van der Waals surface area contributed by atoms with Crippen molar-refractivity contribution < 1.29 is 20.1 Å². The van der Waals surface area contributed by atoms with Gasteiger partial charge in [-0.15, -0.1) is 0 Å². The van der Waals surface area contributed by atoms with Crippen LogP contribution in [0.5, 0.6) is 0 Å². The third-order valence-corrected chi connectivity index (χ3v) is 13.0. The summed E-state index contributed by atoms with van der Waals surface area (Å²) < 4.78 is 0. The second-order valence-corrected chi connectivity index (χ2v) is 19.1. The molecule has 61 heavy (non-hydrogen) atoms. The second-order valence-electron chi connectivity index (χ2n) is 19.1. The van der Waals surface area contributed by atoms with E-state index >= 15 is 0 Å². The van der Waals surface area contributed by atoms with E-state index in [1.165, 1.54) is 231 Å². The molecule has 1 amide bonds. The fourth-order valence-electron chi connectivity index (χ4n) is 8.77. The Balaban J connectivity index is 3.49. The van der Waals surface area contributed by atoms with Crippen LogP contribution in [0.4, 0.5) is 0 Å². The average molecular weight is 860 g/mol. The summed E-state index contributed by atoms with van der Waals surface area (Å²) in [6, 6.07) is -0.829. The molecule has 5 nitrogen and oxygen atoms in total. The number of carbonyl (C=O) groups is 1. The molecule has 0 saturated carbocycles. The maximum atomic E-state index is 12.5. The maximum absolute atomic E-state index is 12.5. The molecule has 0 fully saturated rings. The number of hydrogen-bond acceptors (Lipinski definition) is 4. The molecule has 0 heterocycles. The number of hydrogen-bond donors (Lipinski definition) is 4. The van der Waals surface area contributed by atoms with E-state index in [9.17, 15) is 20.1 Å². The molecule has 0 aromatic carbocycles.